The molecule has 0 bridgehead atoms. The van der Waals surface area contributed by atoms with Crippen molar-refractivity contribution in [1.29, 1.82) is 0 Å². The SMILES string of the molecule is C=CCl.Nc1c(Cl)cc([N+](=O)[O-])cc1Cl. The third-order valence-electron chi connectivity index (χ3n) is 1.27. The van der Waals surface area contributed by atoms with Crippen molar-refractivity contribution in [1.82, 2.24) is 0 Å². The number of halogens is 3. The van der Waals surface area contributed by atoms with Crippen LogP contribution in [0.3, 0.4) is 0 Å². The van der Waals surface area contributed by atoms with E-state index in [4.69, 9.17) is 40.5 Å². The lowest BCUT2D eigenvalue weighted by atomic mass is 10.3. The van der Waals surface area contributed by atoms with Gasteiger partial charge < -0.3 is 5.73 Å². The maximum absolute atomic E-state index is 10.3. The Labute approximate surface area is 101 Å². The number of nitrogen functional groups attached to an aromatic ring is 1. The zero-order chi connectivity index (χ0) is 12.0. The molecule has 0 aliphatic rings. The third-order valence-corrected chi connectivity index (χ3v) is 1.90. The predicted octanol–water partition coefficient (Wildman–Crippen LogP) is 3.85. The quantitative estimate of drug-likeness (QED) is 0.478. The maximum Gasteiger partial charge on any atom is 0.272 e. The standard InChI is InChI=1S/C6H4Cl2N2O2.C2H3Cl/c7-4-1-3(10(11)12)2-5(8)6(4)9;1-2-3/h1-2H,9H2;2H,1H2. The Morgan fingerprint density at radius 3 is 2.00 bits per heavy atom. The summed E-state index contributed by atoms with van der Waals surface area (Å²) in [6, 6.07) is 2.31. The summed E-state index contributed by atoms with van der Waals surface area (Å²) >= 11 is 15.9. The summed E-state index contributed by atoms with van der Waals surface area (Å²) in [5.74, 6) is 0. The van der Waals surface area contributed by atoms with Crippen LogP contribution in [0.15, 0.2) is 24.2 Å². The Morgan fingerprint density at radius 2 is 1.73 bits per heavy atom. The zero-order valence-corrected chi connectivity index (χ0v) is 9.68. The van der Waals surface area contributed by atoms with E-state index >= 15 is 0 Å². The first kappa shape index (κ1) is 14.0. The van der Waals surface area contributed by atoms with Gasteiger partial charge in [0.1, 0.15) is 0 Å². The molecule has 0 atom stereocenters. The molecule has 0 unspecified atom stereocenters. The fraction of sp³-hybridized carbons (Fsp3) is 0. The molecule has 0 spiro atoms. The molecule has 0 aromatic heterocycles. The maximum atomic E-state index is 10.3. The molecule has 0 saturated heterocycles. The van der Waals surface area contributed by atoms with Crippen LogP contribution in [-0.2, 0) is 0 Å². The Balaban J connectivity index is 0.000000583. The van der Waals surface area contributed by atoms with Gasteiger partial charge in [-0.3, -0.25) is 10.1 Å². The van der Waals surface area contributed by atoms with Crippen LogP contribution >= 0.6 is 34.8 Å². The highest BCUT2D eigenvalue weighted by Gasteiger charge is 2.11. The number of nitro groups is 1. The van der Waals surface area contributed by atoms with Crippen molar-refractivity contribution >= 4 is 46.2 Å². The zero-order valence-electron chi connectivity index (χ0n) is 7.41. The monoisotopic (exact) mass is 268 g/mol. The Hall–Kier alpha value is -0.970. The second kappa shape index (κ2) is 6.50. The molecule has 1 aromatic carbocycles. The normalized spacial score (nSPS) is 8.73. The van der Waals surface area contributed by atoms with Crippen LogP contribution in [0.2, 0.25) is 10.0 Å². The van der Waals surface area contributed by atoms with Crippen LogP contribution in [-0.4, -0.2) is 4.92 Å². The van der Waals surface area contributed by atoms with Crippen LogP contribution in [0.4, 0.5) is 11.4 Å². The van der Waals surface area contributed by atoms with Crippen molar-refractivity contribution in [2.24, 2.45) is 0 Å². The van der Waals surface area contributed by atoms with E-state index in [1.165, 1.54) is 5.54 Å². The molecular weight excluding hydrogens is 262 g/mol. The van der Waals surface area contributed by atoms with Gasteiger partial charge in [0.25, 0.3) is 5.69 Å². The van der Waals surface area contributed by atoms with Gasteiger partial charge in [0.2, 0.25) is 0 Å². The van der Waals surface area contributed by atoms with Crippen molar-refractivity contribution in [3.63, 3.8) is 0 Å². The van der Waals surface area contributed by atoms with Gasteiger partial charge >= 0.3 is 0 Å². The predicted molar refractivity (Wildman–Crippen MR) is 63.6 cm³/mol. The number of benzene rings is 1. The van der Waals surface area contributed by atoms with E-state index < -0.39 is 4.92 Å². The van der Waals surface area contributed by atoms with Gasteiger partial charge in [-0.15, -0.1) is 0 Å². The van der Waals surface area contributed by atoms with E-state index in [0.717, 1.165) is 12.1 Å². The van der Waals surface area contributed by atoms with Gasteiger partial charge in [-0.25, -0.2) is 0 Å². The molecule has 0 aliphatic heterocycles. The Bertz CT molecular complexity index is 359. The average molecular weight is 270 g/mol. The molecule has 15 heavy (non-hydrogen) atoms. The molecule has 0 amide bonds. The fourth-order valence-electron chi connectivity index (χ4n) is 0.676. The van der Waals surface area contributed by atoms with E-state index in [0.29, 0.717) is 0 Å². The van der Waals surface area contributed by atoms with Gasteiger partial charge in [-0.2, -0.15) is 0 Å². The number of nitrogens with two attached hydrogens (primary N) is 1. The highest BCUT2D eigenvalue weighted by atomic mass is 35.5. The van der Waals surface area contributed by atoms with Crippen LogP contribution in [0.5, 0.6) is 0 Å². The van der Waals surface area contributed by atoms with Crippen molar-refractivity contribution in [2.75, 3.05) is 5.73 Å². The number of anilines is 1. The minimum atomic E-state index is -0.586. The summed E-state index contributed by atoms with van der Waals surface area (Å²) in [6.07, 6.45) is 0. The number of non-ortho nitro benzene ring substituents is 1. The van der Waals surface area contributed by atoms with Crippen LogP contribution < -0.4 is 5.73 Å². The average Bonchev–Trinajstić information content (AvgIpc) is 2.14. The first-order valence-electron chi connectivity index (χ1n) is 3.54. The number of rotatable bonds is 1. The van der Waals surface area contributed by atoms with Gasteiger partial charge in [-0.05, 0) is 5.54 Å². The molecule has 1 aromatic rings. The molecule has 82 valence electrons. The van der Waals surface area contributed by atoms with E-state index in [-0.39, 0.29) is 21.4 Å². The van der Waals surface area contributed by atoms with Gasteiger partial charge in [-0.1, -0.05) is 41.4 Å². The third kappa shape index (κ3) is 4.38. The molecule has 0 saturated carbocycles. The van der Waals surface area contributed by atoms with E-state index in [2.05, 4.69) is 6.58 Å². The van der Waals surface area contributed by atoms with Crippen molar-refractivity contribution in [2.45, 2.75) is 0 Å². The lowest BCUT2D eigenvalue weighted by molar-refractivity contribution is -0.384. The van der Waals surface area contributed by atoms with Crippen molar-refractivity contribution < 1.29 is 4.92 Å². The largest absolute Gasteiger partial charge is 0.396 e. The number of hydrogen-bond acceptors (Lipinski definition) is 3. The fourth-order valence-corrected chi connectivity index (χ4v) is 1.15. The van der Waals surface area contributed by atoms with Crippen LogP contribution in [0.1, 0.15) is 0 Å². The van der Waals surface area contributed by atoms with E-state index in [9.17, 15) is 10.1 Å². The topological polar surface area (TPSA) is 69.2 Å². The second-order valence-electron chi connectivity index (χ2n) is 2.23. The first-order chi connectivity index (χ1) is 6.93. The number of nitro benzene ring substituents is 1. The molecule has 0 heterocycles. The van der Waals surface area contributed by atoms with Crippen molar-refractivity contribution in [3.8, 4) is 0 Å². The number of hydrogen-bond donors (Lipinski definition) is 1. The van der Waals surface area contributed by atoms with Gasteiger partial charge in [0, 0.05) is 12.1 Å². The minimum absolute atomic E-state index is 0.0919. The molecular formula is C8H7Cl3N2O2. The van der Waals surface area contributed by atoms with Crippen molar-refractivity contribution in [3.05, 3.63) is 44.4 Å². The number of nitrogens with zero attached hydrogens (tertiary/aromatic N) is 1. The molecule has 7 heteroatoms. The van der Waals surface area contributed by atoms with Gasteiger partial charge in [0.05, 0.1) is 20.7 Å². The van der Waals surface area contributed by atoms with E-state index in [1.54, 1.807) is 0 Å². The molecule has 4 nitrogen and oxygen atoms in total. The molecule has 1 rings (SSSR count). The lowest BCUT2D eigenvalue weighted by Crippen LogP contribution is -1.92. The highest BCUT2D eigenvalue weighted by molar-refractivity contribution is 6.39. The summed E-state index contributed by atoms with van der Waals surface area (Å²) < 4.78 is 0. The summed E-state index contributed by atoms with van der Waals surface area (Å²) in [5.41, 5.74) is 6.58. The smallest absolute Gasteiger partial charge is 0.272 e. The first-order valence-corrected chi connectivity index (χ1v) is 4.73. The molecule has 0 aliphatic carbocycles. The highest BCUT2D eigenvalue weighted by Crippen LogP contribution is 2.31. The Morgan fingerprint density at radius 1 is 1.40 bits per heavy atom. The summed E-state index contributed by atoms with van der Waals surface area (Å²) in [7, 11) is 0. The summed E-state index contributed by atoms with van der Waals surface area (Å²) in [5, 5.41) is 10.4. The van der Waals surface area contributed by atoms with Crippen LogP contribution in [0, 0.1) is 10.1 Å². The summed E-state index contributed by atoms with van der Waals surface area (Å²) in [6.45, 7) is 3.13. The van der Waals surface area contributed by atoms with Crippen LogP contribution in [0.25, 0.3) is 0 Å². The summed E-state index contributed by atoms with van der Waals surface area (Å²) in [4.78, 5) is 9.68. The Kier molecular flexibility index (Phi) is 6.08. The van der Waals surface area contributed by atoms with E-state index in [1.807, 2.05) is 0 Å². The van der Waals surface area contributed by atoms with Gasteiger partial charge in [0.15, 0.2) is 0 Å². The molecule has 2 N–H and O–H groups in total. The second-order valence-corrected chi connectivity index (χ2v) is 3.36. The molecule has 0 radical (unpaired) electrons. The lowest BCUT2D eigenvalue weighted by Gasteiger charge is -1.99. The minimum Gasteiger partial charge on any atom is -0.396 e. The molecule has 0 fully saturated rings.